The Balaban J connectivity index is 1.41. The average Bonchev–Trinajstić information content (AvgIpc) is 3.31. The fraction of sp³-hybridized carbons (Fsp3) is 0.333. The van der Waals surface area contributed by atoms with Crippen molar-refractivity contribution < 1.29 is 13.7 Å². The lowest BCUT2D eigenvalue weighted by atomic mass is 9.96. The molecule has 0 saturated carbocycles. The molecule has 128 valence electrons. The monoisotopic (exact) mass is 338 g/mol. The summed E-state index contributed by atoms with van der Waals surface area (Å²) in [5.74, 6) is 2.35. The number of hydrogen-bond donors (Lipinski definition) is 0. The zero-order chi connectivity index (χ0) is 17.2. The van der Waals surface area contributed by atoms with Gasteiger partial charge in [0, 0.05) is 25.2 Å². The Labute approximate surface area is 144 Å². The summed E-state index contributed by atoms with van der Waals surface area (Å²) in [6.07, 6.45) is 3.27. The van der Waals surface area contributed by atoms with E-state index in [4.69, 9.17) is 8.94 Å². The summed E-state index contributed by atoms with van der Waals surface area (Å²) in [4.78, 5) is 22.9. The second-order valence-electron chi connectivity index (χ2n) is 6.15. The number of likely N-dealkylation sites (tertiary alicyclic amines) is 1. The number of nitrogens with zero attached hydrogens (tertiary/aromatic N) is 4. The number of aryl methyl sites for hydroxylation is 1. The molecule has 3 aromatic heterocycles. The number of rotatable bonds is 3. The summed E-state index contributed by atoms with van der Waals surface area (Å²) < 4.78 is 10.8. The Bertz CT molecular complexity index is 863. The lowest BCUT2D eigenvalue weighted by molar-refractivity contribution is 0.0671. The topological polar surface area (TPSA) is 85.3 Å². The molecule has 1 amide bonds. The maximum absolute atomic E-state index is 12.4. The fourth-order valence-electron chi connectivity index (χ4n) is 3.03. The highest BCUT2D eigenvalue weighted by Gasteiger charge is 2.29. The minimum absolute atomic E-state index is 0.0637. The summed E-state index contributed by atoms with van der Waals surface area (Å²) in [7, 11) is 0. The third kappa shape index (κ3) is 3.17. The van der Waals surface area contributed by atoms with Gasteiger partial charge in [-0.1, -0.05) is 11.2 Å². The lowest BCUT2D eigenvalue weighted by Gasteiger charge is -2.29. The number of pyridine rings is 1. The number of carbonyl (C=O) groups excluding carboxylic acids is 1. The number of piperidine rings is 1. The molecule has 0 atom stereocenters. The van der Waals surface area contributed by atoms with Crippen LogP contribution in [0.5, 0.6) is 0 Å². The minimum atomic E-state index is -0.0637. The SMILES string of the molecule is Cc1ccc(C(=O)N2CCC(c3nc(-c4ccccn4)no3)CC2)o1. The predicted octanol–water partition coefficient (Wildman–Crippen LogP) is 3.05. The Kier molecular flexibility index (Phi) is 4.05. The first-order valence-electron chi connectivity index (χ1n) is 8.31. The number of amides is 1. The van der Waals surface area contributed by atoms with E-state index in [0.29, 0.717) is 36.3 Å². The lowest BCUT2D eigenvalue weighted by Crippen LogP contribution is -2.37. The van der Waals surface area contributed by atoms with Crippen molar-refractivity contribution in [3.05, 3.63) is 53.9 Å². The molecule has 0 spiro atoms. The van der Waals surface area contributed by atoms with Gasteiger partial charge in [0.1, 0.15) is 11.5 Å². The zero-order valence-corrected chi connectivity index (χ0v) is 13.9. The van der Waals surface area contributed by atoms with Crippen molar-refractivity contribution in [2.75, 3.05) is 13.1 Å². The molecular weight excluding hydrogens is 320 g/mol. The first kappa shape index (κ1) is 15.6. The summed E-state index contributed by atoms with van der Waals surface area (Å²) in [5, 5.41) is 4.02. The van der Waals surface area contributed by atoms with E-state index < -0.39 is 0 Å². The summed E-state index contributed by atoms with van der Waals surface area (Å²) >= 11 is 0. The Hall–Kier alpha value is -2.96. The van der Waals surface area contributed by atoms with Crippen LogP contribution in [0.4, 0.5) is 0 Å². The molecule has 7 nitrogen and oxygen atoms in total. The van der Waals surface area contributed by atoms with Crippen molar-refractivity contribution in [1.82, 2.24) is 20.0 Å². The van der Waals surface area contributed by atoms with Gasteiger partial charge in [0.05, 0.1) is 0 Å². The summed E-state index contributed by atoms with van der Waals surface area (Å²) in [6.45, 7) is 3.12. The van der Waals surface area contributed by atoms with Gasteiger partial charge in [-0.15, -0.1) is 0 Å². The largest absolute Gasteiger partial charge is 0.456 e. The zero-order valence-electron chi connectivity index (χ0n) is 13.9. The van der Waals surface area contributed by atoms with Crippen LogP contribution in [0, 0.1) is 6.92 Å². The van der Waals surface area contributed by atoms with E-state index in [9.17, 15) is 4.79 Å². The molecule has 1 fully saturated rings. The highest BCUT2D eigenvalue weighted by Crippen LogP contribution is 2.29. The first-order valence-corrected chi connectivity index (χ1v) is 8.31. The quantitative estimate of drug-likeness (QED) is 0.729. The van der Waals surface area contributed by atoms with Gasteiger partial charge >= 0.3 is 0 Å². The molecule has 3 aromatic rings. The van der Waals surface area contributed by atoms with Crippen LogP contribution in [-0.2, 0) is 0 Å². The maximum Gasteiger partial charge on any atom is 0.289 e. The van der Waals surface area contributed by atoms with E-state index in [1.54, 1.807) is 18.3 Å². The third-order valence-corrected chi connectivity index (χ3v) is 4.42. The Morgan fingerprint density at radius 1 is 1.20 bits per heavy atom. The van der Waals surface area contributed by atoms with E-state index >= 15 is 0 Å². The number of furan rings is 1. The van der Waals surface area contributed by atoms with Crippen LogP contribution in [-0.4, -0.2) is 39.0 Å². The van der Waals surface area contributed by atoms with Crippen LogP contribution in [0.2, 0.25) is 0 Å². The van der Waals surface area contributed by atoms with Crippen LogP contribution in [0.25, 0.3) is 11.5 Å². The Morgan fingerprint density at radius 2 is 2.04 bits per heavy atom. The first-order chi connectivity index (χ1) is 12.2. The molecule has 7 heteroatoms. The fourth-order valence-corrected chi connectivity index (χ4v) is 3.03. The van der Waals surface area contributed by atoms with Crippen molar-refractivity contribution in [2.24, 2.45) is 0 Å². The molecule has 0 N–H and O–H groups in total. The van der Waals surface area contributed by atoms with Crippen molar-refractivity contribution in [2.45, 2.75) is 25.7 Å². The molecule has 0 aliphatic carbocycles. The molecule has 1 aliphatic heterocycles. The summed E-state index contributed by atoms with van der Waals surface area (Å²) in [5.41, 5.74) is 0.693. The average molecular weight is 338 g/mol. The molecule has 4 rings (SSSR count). The van der Waals surface area contributed by atoms with Gasteiger partial charge in [-0.2, -0.15) is 4.98 Å². The molecule has 1 saturated heterocycles. The minimum Gasteiger partial charge on any atom is -0.456 e. The number of carbonyl (C=O) groups is 1. The highest BCUT2D eigenvalue weighted by atomic mass is 16.5. The van der Waals surface area contributed by atoms with E-state index in [-0.39, 0.29) is 11.8 Å². The van der Waals surface area contributed by atoms with Gasteiger partial charge in [0.2, 0.25) is 11.7 Å². The van der Waals surface area contributed by atoms with Crippen LogP contribution in [0.3, 0.4) is 0 Å². The molecular formula is C18H18N4O3. The van der Waals surface area contributed by atoms with Crippen LogP contribution in [0.15, 0.2) is 45.5 Å². The molecule has 4 heterocycles. The van der Waals surface area contributed by atoms with Crippen LogP contribution >= 0.6 is 0 Å². The second-order valence-corrected chi connectivity index (χ2v) is 6.15. The highest BCUT2D eigenvalue weighted by molar-refractivity contribution is 5.91. The van der Waals surface area contributed by atoms with Gasteiger partial charge in [-0.05, 0) is 44.0 Å². The molecule has 0 aromatic carbocycles. The summed E-state index contributed by atoms with van der Waals surface area (Å²) in [6, 6.07) is 9.11. The van der Waals surface area contributed by atoms with Gasteiger partial charge in [-0.3, -0.25) is 9.78 Å². The van der Waals surface area contributed by atoms with E-state index in [1.807, 2.05) is 30.0 Å². The Morgan fingerprint density at radius 3 is 2.72 bits per heavy atom. The predicted molar refractivity (Wildman–Crippen MR) is 88.9 cm³/mol. The number of aromatic nitrogens is 3. The van der Waals surface area contributed by atoms with Gasteiger partial charge in [0.25, 0.3) is 5.91 Å². The van der Waals surface area contributed by atoms with Gasteiger partial charge < -0.3 is 13.8 Å². The van der Waals surface area contributed by atoms with E-state index in [0.717, 1.165) is 18.6 Å². The van der Waals surface area contributed by atoms with Gasteiger partial charge in [-0.25, -0.2) is 0 Å². The molecule has 0 unspecified atom stereocenters. The second kappa shape index (κ2) is 6.51. The number of hydrogen-bond acceptors (Lipinski definition) is 6. The van der Waals surface area contributed by atoms with Crippen LogP contribution < -0.4 is 0 Å². The molecule has 0 radical (unpaired) electrons. The smallest absolute Gasteiger partial charge is 0.289 e. The van der Waals surface area contributed by atoms with Crippen molar-refractivity contribution in [1.29, 1.82) is 0 Å². The van der Waals surface area contributed by atoms with E-state index in [2.05, 4.69) is 15.1 Å². The molecule has 0 bridgehead atoms. The third-order valence-electron chi connectivity index (χ3n) is 4.42. The van der Waals surface area contributed by atoms with Crippen molar-refractivity contribution in [3.63, 3.8) is 0 Å². The van der Waals surface area contributed by atoms with Crippen LogP contribution in [0.1, 0.15) is 41.0 Å². The maximum atomic E-state index is 12.4. The molecule has 25 heavy (non-hydrogen) atoms. The van der Waals surface area contributed by atoms with Crippen molar-refractivity contribution in [3.8, 4) is 11.5 Å². The standard InChI is InChI=1S/C18H18N4O3/c1-12-5-6-15(24-12)18(23)22-10-7-13(8-11-22)17-20-16(21-25-17)14-4-2-3-9-19-14/h2-6,9,13H,7-8,10-11H2,1H3. The van der Waals surface area contributed by atoms with Gasteiger partial charge in [0.15, 0.2) is 5.76 Å². The molecule has 1 aliphatic rings. The van der Waals surface area contributed by atoms with Crippen molar-refractivity contribution >= 4 is 5.91 Å². The normalized spacial score (nSPS) is 15.5. The van der Waals surface area contributed by atoms with E-state index in [1.165, 1.54) is 0 Å².